The van der Waals surface area contributed by atoms with Gasteiger partial charge in [-0.15, -0.1) is 0 Å². The van der Waals surface area contributed by atoms with E-state index in [-0.39, 0.29) is 5.60 Å². The van der Waals surface area contributed by atoms with E-state index in [1.165, 1.54) is 0 Å². The molecule has 0 fully saturated rings. The van der Waals surface area contributed by atoms with Gasteiger partial charge in [0.15, 0.2) is 0 Å². The molecule has 0 saturated heterocycles. The summed E-state index contributed by atoms with van der Waals surface area (Å²) in [6, 6.07) is 0. The van der Waals surface area contributed by atoms with Gasteiger partial charge in [-0.25, -0.2) is 0 Å². The minimum Gasteiger partial charge on any atom is -0.382 e. The fourth-order valence-corrected chi connectivity index (χ4v) is 1.68. The standard InChI is InChI=1S/C9H21O2P/c1-4-9(5-2,11-12)7-8-10-6-3/h4-8,12H2,1-3H3. The molecule has 0 heterocycles. The maximum Gasteiger partial charge on any atom is 0.0734 e. The summed E-state index contributed by atoms with van der Waals surface area (Å²) in [4.78, 5) is 0. The van der Waals surface area contributed by atoms with Gasteiger partial charge in [0.25, 0.3) is 0 Å². The molecular weight excluding hydrogens is 171 g/mol. The number of hydrogen-bond donors (Lipinski definition) is 0. The molecule has 0 rings (SSSR count). The summed E-state index contributed by atoms with van der Waals surface area (Å²) in [5.41, 5.74) is 0.0137. The Morgan fingerprint density at radius 3 is 2.08 bits per heavy atom. The first kappa shape index (κ1) is 12.3. The fraction of sp³-hybridized carbons (Fsp3) is 1.00. The SMILES string of the molecule is CCOCCC(CC)(CC)OP. The largest absolute Gasteiger partial charge is 0.382 e. The highest BCUT2D eigenvalue weighted by molar-refractivity contribution is 7.09. The molecule has 0 aromatic heterocycles. The summed E-state index contributed by atoms with van der Waals surface area (Å²) in [6.07, 6.45) is 3.07. The third kappa shape index (κ3) is 3.84. The second-order valence-corrected chi connectivity index (χ2v) is 3.19. The average Bonchev–Trinajstić information content (AvgIpc) is 2.14. The fourth-order valence-electron chi connectivity index (χ4n) is 1.23. The molecule has 0 aromatic rings. The topological polar surface area (TPSA) is 18.5 Å². The highest BCUT2D eigenvalue weighted by atomic mass is 31.0. The molecular formula is C9H21O2P. The lowest BCUT2D eigenvalue weighted by Gasteiger charge is -2.29. The molecule has 0 aromatic carbocycles. The minimum atomic E-state index is 0.0137. The molecule has 0 saturated carbocycles. The van der Waals surface area contributed by atoms with Crippen LogP contribution < -0.4 is 0 Å². The monoisotopic (exact) mass is 192 g/mol. The Bertz CT molecular complexity index is 94.4. The summed E-state index contributed by atoms with van der Waals surface area (Å²) in [7, 11) is 2.37. The van der Waals surface area contributed by atoms with Gasteiger partial charge < -0.3 is 9.26 Å². The van der Waals surface area contributed by atoms with Crippen LogP contribution in [0.2, 0.25) is 0 Å². The number of rotatable bonds is 7. The summed E-state index contributed by atoms with van der Waals surface area (Å²) < 4.78 is 10.7. The van der Waals surface area contributed by atoms with Crippen LogP contribution in [0.4, 0.5) is 0 Å². The van der Waals surface area contributed by atoms with Crippen molar-refractivity contribution < 1.29 is 9.26 Å². The molecule has 0 bridgehead atoms. The Morgan fingerprint density at radius 2 is 1.75 bits per heavy atom. The predicted octanol–water partition coefficient (Wildman–Crippen LogP) is 2.78. The molecule has 74 valence electrons. The van der Waals surface area contributed by atoms with Crippen molar-refractivity contribution in [2.24, 2.45) is 0 Å². The number of ether oxygens (including phenoxy) is 1. The van der Waals surface area contributed by atoms with Crippen LogP contribution in [0.5, 0.6) is 0 Å². The maximum atomic E-state index is 5.42. The van der Waals surface area contributed by atoms with E-state index in [4.69, 9.17) is 9.26 Å². The highest BCUT2D eigenvalue weighted by Gasteiger charge is 2.24. The Morgan fingerprint density at radius 1 is 1.17 bits per heavy atom. The van der Waals surface area contributed by atoms with E-state index in [0.717, 1.165) is 32.5 Å². The summed E-state index contributed by atoms with van der Waals surface area (Å²) in [6.45, 7) is 7.91. The highest BCUT2D eigenvalue weighted by Crippen LogP contribution is 2.27. The second-order valence-electron chi connectivity index (χ2n) is 2.95. The van der Waals surface area contributed by atoms with Gasteiger partial charge in [0.2, 0.25) is 0 Å². The van der Waals surface area contributed by atoms with Gasteiger partial charge in [-0.05, 0) is 19.8 Å². The van der Waals surface area contributed by atoms with Crippen molar-refractivity contribution in [1.82, 2.24) is 0 Å². The first-order valence-corrected chi connectivity index (χ1v) is 5.17. The zero-order valence-electron chi connectivity index (χ0n) is 8.43. The Balaban J connectivity index is 3.76. The summed E-state index contributed by atoms with van der Waals surface area (Å²) in [5.74, 6) is 0. The van der Waals surface area contributed by atoms with Crippen molar-refractivity contribution in [2.75, 3.05) is 13.2 Å². The molecule has 0 aliphatic rings. The van der Waals surface area contributed by atoms with Crippen molar-refractivity contribution in [3.8, 4) is 0 Å². The van der Waals surface area contributed by atoms with Crippen LogP contribution >= 0.6 is 9.47 Å². The van der Waals surface area contributed by atoms with Crippen LogP contribution in [-0.2, 0) is 9.26 Å². The first-order valence-electron chi connectivity index (χ1n) is 4.70. The van der Waals surface area contributed by atoms with Crippen LogP contribution in [0.3, 0.4) is 0 Å². The lowest BCUT2D eigenvalue weighted by Crippen LogP contribution is -2.29. The Hall–Kier alpha value is 0.350. The number of hydrogen-bond acceptors (Lipinski definition) is 2. The first-order chi connectivity index (χ1) is 5.74. The second kappa shape index (κ2) is 6.82. The zero-order chi connectivity index (χ0) is 9.45. The van der Waals surface area contributed by atoms with Gasteiger partial charge in [-0.1, -0.05) is 13.8 Å². The van der Waals surface area contributed by atoms with E-state index >= 15 is 0 Å². The summed E-state index contributed by atoms with van der Waals surface area (Å²) in [5, 5.41) is 0. The molecule has 3 heteroatoms. The van der Waals surface area contributed by atoms with E-state index in [9.17, 15) is 0 Å². The van der Waals surface area contributed by atoms with Crippen molar-refractivity contribution in [3.05, 3.63) is 0 Å². The Labute approximate surface area is 78.3 Å². The van der Waals surface area contributed by atoms with Gasteiger partial charge in [0.1, 0.15) is 0 Å². The van der Waals surface area contributed by atoms with Crippen molar-refractivity contribution in [2.45, 2.75) is 45.6 Å². The summed E-state index contributed by atoms with van der Waals surface area (Å²) >= 11 is 0. The van der Waals surface area contributed by atoms with Crippen LogP contribution in [0.15, 0.2) is 0 Å². The molecule has 0 N–H and O–H groups in total. The lowest BCUT2D eigenvalue weighted by molar-refractivity contribution is 0.0318. The lowest BCUT2D eigenvalue weighted by atomic mass is 9.94. The molecule has 2 nitrogen and oxygen atoms in total. The van der Waals surface area contributed by atoms with Crippen LogP contribution in [0.25, 0.3) is 0 Å². The van der Waals surface area contributed by atoms with Gasteiger partial charge >= 0.3 is 0 Å². The van der Waals surface area contributed by atoms with E-state index in [2.05, 4.69) is 23.3 Å². The maximum absolute atomic E-state index is 5.42. The molecule has 0 radical (unpaired) electrons. The van der Waals surface area contributed by atoms with E-state index in [0.29, 0.717) is 0 Å². The normalized spacial score (nSPS) is 12.0. The van der Waals surface area contributed by atoms with Gasteiger partial charge in [0, 0.05) is 29.1 Å². The molecule has 0 aliphatic heterocycles. The molecule has 0 spiro atoms. The minimum absolute atomic E-state index is 0.0137. The van der Waals surface area contributed by atoms with Crippen molar-refractivity contribution in [3.63, 3.8) is 0 Å². The van der Waals surface area contributed by atoms with Crippen molar-refractivity contribution in [1.29, 1.82) is 0 Å². The third-order valence-electron chi connectivity index (χ3n) is 2.44. The van der Waals surface area contributed by atoms with Crippen LogP contribution in [-0.4, -0.2) is 18.8 Å². The smallest absolute Gasteiger partial charge is 0.0734 e. The zero-order valence-corrected chi connectivity index (χ0v) is 9.58. The van der Waals surface area contributed by atoms with E-state index < -0.39 is 0 Å². The van der Waals surface area contributed by atoms with Gasteiger partial charge in [0.05, 0.1) is 5.60 Å². The predicted molar refractivity (Wildman–Crippen MR) is 55.2 cm³/mol. The van der Waals surface area contributed by atoms with Crippen molar-refractivity contribution >= 4 is 9.47 Å². The molecule has 12 heavy (non-hydrogen) atoms. The molecule has 1 atom stereocenters. The van der Waals surface area contributed by atoms with Crippen LogP contribution in [0, 0.1) is 0 Å². The average molecular weight is 192 g/mol. The molecule has 0 aliphatic carbocycles. The molecule has 0 amide bonds. The van der Waals surface area contributed by atoms with Gasteiger partial charge in [-0.3, -0.25) is 0 Å². The third-order valence-corrected chi connectivity index (χ3v) is 2.94. The quantitative estimate of drug-likeness (QED) is 0.456. The van der Waals surface area contributed by atoms with Gasteiger partial charge in [-0.2, -0.15) is 0 Å². The molecule has 1 unspecified atom stereocenters. The van der Waals surface area contributed by atoms with E-state index in [1.54, 1.807) is 0 Å². The van der Waals surface area contributed by atoms with Crippen LogP contribution in [0.1, 0.15) is 40.0 Å². The Kier molecular flexibility index (Phi) is 7.02. The van der Waals surface area contributed by atoms with E-state index in [1.807, 2.05) is 6.92 Å².